The Morgan fingerprint density at radius 2 is 2.54 bits per heavy atom. The molecule has 0 saturated carbocycles. The largest absolute Gasteiger partial charge is 0.393 e. The zero-order chi connectivity index (χ0) is 9.26. The number of aromatic nitrogens is 2. The molecule has 1 aliphatic heterocycles. The third-order valence-corrected chi connectivity index (χ3v) is 2.44. The van der Waals surface area contributed by atoms with E-state index in [4.69, 9.17) is 4.74 Å². The highest BCUT2D eigenvalue weighted by Gasteiger charge is 2.23. The molecule has 0 aliphatic carbocycles. The number of ether oxygens (including phenoxy) is 1. The van der Waals surface area contributed by atoms with Crippen LogP contribution in [0.4, 0.5) is 0 Å². The minimum atomic E-state index is -0.228. The average Bonchev–Trinajstić information content (AvgIpc) is 2.51. The second kappa shape index (κ2) is 3.47. The van der Waals surface area contributed by atoms with Crippen molar-refractivity contribution in [2.24, 2.45) is 7.05 Å². The smallest absolute Gasteiger partial charge is 0.102 e. The van der Waals surface area contributed by atoms with Gasteiger partial charge < -0.3 is 9.84 Å². The number of aliphatic hydroxyl groups is 1. The molecule has 1 aromatic rings. The molecule has 4 heteroatoms. The van der Waals surface area contributed by atoms with Crippen molar-refractivity contribution in [2.75, 3.05) is 6.61 Å². The molecule has 0 spiro atoms. The minimum Gasteiger partial charge on any atom is -0.393 e. The summed E-state index contributed by atoms with van der Waals surface area (Å²) in [5, 5.41) is 13.5. The summed E-state index contributed by atoms with van der Waals surface area (Å²) in [6, 6.07) is 1.93. The highest BCUT2D eigenvalue weighted by molar-refractivity contribution is 5.05. The molecule has 2 atom stereocenters. The normalized spacial score (nSPS) is 29.1. The van der Waals surface area contributed by atoms with E-state index in [9.17, 15) is 5.11 Å². The number of hydrogen-bond donors (Lipinski definition) is 1. The second-order valence-corrected chi connectivity index (χ2v) is 3.42. The predicted molar refractivity (Wildman–Crippen MR) is 47.1 cm³/mol. The molecule has 4 nitrogen and oxygen atoms in total. The molecule has 1 aromatic heterocycles. The van der Waals surface area contributed by atoms with Gasteiger partial charge in [0.25, 0.3) is 0 Å². The Bertz CT molecular complexity index is 285. The Morgan fingerprint density at radius 3 is 3.15 bits per heavy atom. The molecule has 1 saturated heterocycles. The van der Waals surface area contributed by atoms with Gasteiger partial charge >= 0.3 is 0 Å². The van der Waals surface area contributed by atoms with Crippen LogP contribution in [-0.2, 0) is 11.8 Å². The van der Waals surface area contributed by atoms with Crippen molar-refractivity contribution < 1.29 is 9.84 Å². The summed E-state index contributed by atoms with van der Waals surface area (Å²) in [6.45, 7) is 0.636. The lowest BCUT2D eigenvalue weighted by Crippen LogP contribution is -2.24. The van der Waals surface area contributed by atoms with Gasteiger partial charge in [0, 0.05) is 26.3 Å². The molecule has 1 fully saturated rings. The lowest BCUT2D eigenvalue weighted by molar-refractivity contribution is -0.0481. The highest BCUT2D eigenvalue weighted by Crippen LogP contribution is 2.27. The van der Waals surface area contributed by atoms with Gasteiger partial charge in [-0.2, -0.15) is 5.10 Å². The summed E-state index contributed by atoms with van der Waals surface area (Å²) in [5.41, 5.74) is 1.04. The summed E-state index contributed by atoms with van der Waals surface area (Å²) in [5.74, 6) is 0. The Kier molecular flexibility index (Phi) is 2.33. The van der Waals surface area contributed by atoms with E-state index in [1.54, 1.807) is 10.9 Å². The number of aryl methyl sites for hydroxylation is 1. The van der Waals surface area contributed by atoms with E-state index in [1.165, 1.54) is 0 Å². The van der Waals surface area contributed by atoms with Crippen LogP contribution in [0, 0.1) is 0 Å². The van der Waals surface area contributed by atoms with Crippen molar-refractivity contribution in [1.29, 1.82) is 0 Å². The third-order valence-electron chi connectivity index (χ3n) is 2.44. The number of hydrogen-bond acceptors (Lipinski definition) is 3. The first-order valence-electron chi connectivity index (χ1n) is 4.55. The zero-order valence-corrected chi connectivity index (χ0v) is 7.68. The van der Waals surface area contributed by atoms with Crippen LogP contribution in [0.5, 0.6) is 0 Å². The van der Waals surface area contributed by atoms with Crippen molar-refractivity contribution >= 4 is 0 Å². The first-order valence-corrected chi connectivity index (χ1v) is 4.55. The van der Waals surface area contributed by atoms with E-state index in [1.807, 2.05) is 13.1 Å². The molecule has 13 heavy (non-hydrogen) atoms. The van der Waals surface area contributed by atoms with Gasteiger partial charge in [-0.3, -0.25) is 4.68 Å². The van der Waals surface area contributed by atoms with E-state index < -0.39 is 0 Å². The van der Waals surface area contributed by atoms with Crippen LogP contribution in [0.15, 0.2) is 12.3 Å². The van der Waals surface area contributed by atoms with E-state index in [0.29, 0.717) is 13.0 Å². The summed E-state index contributed by atoms with van der Waals surface area (Å²) >= 11 is 0. The van der Waals surface area contributed by atoms with Crippen LogP contribution >= 0.6 is 0 Å². The quantitative estimate of drug-likeness (QED) is 0.693. The van der Waals surface area contributed by atoms with Gasteiger partial charge in [-0.05, 0) is 12.5 Å². The Morgan fingerprint density at radius 1 is 1.69 bits per heavy atom. The molecule has 1 N–H and O–H groups in total. The van der Waals surface area contributed by atoms with Gasteiger partial charge in [0.05, 0.1) is 11.8 Å². The molecule has 0 aromatic carbocycles. The standard InChI is InChI=1S/C9H14N2O2/c1-11-8(2-4-10-11)9-6-7(12)3-5-13-9/h2,4,7,9,12H,3,5-6H2,1H3. The van der Waals surface area contributed by atoms with Crippen molar-refractivity contribution in [3.63, 3.8) is 0 Å². The summed E-state index contributed by atoms with van der Waals surface area (Å²) in [6.07, 6.45) is 2.96. The van der Waals surface area contributed by atoms with Crippen LogP contribution in [0.3, 0.4) is 0 Å². The maximum absolute atomic E-state index is 9.46. The molecule has 0 amide bonds. The Hall–Kier alpha value is -0.870. The van der Waals surface area contributed by atoms with Crippen molar-refractivity contribution in [1.82, 2.24) is 9.78 Å². The lowest BCUT2D eigenvalue weighted by Gasteiger charge is -2.26. The van der Waals surface area contributed by atoms with Gasteiger partial charge in [-0.15, -0.1) is 0 Å². The average molecular weight is 182 g/mol. The minimum absolute atomic E-state index is 0.0104. The lowest BCUT2D eigenvalue weighted by atomic mass is 10.0. The molecular weight excluding hydrogens is 168 g/mol. The Balaban J connectivity index is 2.12. The molecule has 2 rings (SSSR count). The van der Waals surface area contributed by atoms with Gasteiger partial charge in [-0.25, -0.2) is 0 Å². The fraction of sp³-hybridized carbons (Fsp3) is 0.667. The van der Waals surface area contributed by atoms with Crippen LogP contribution in [0.1, 0.15) is 24.6 Å². The predicted octanol–water partition coefficient (Wildman–Crippen LogP) is 0.633. The van der Waals surface area contributed by atoms with Gasteiger partial charge in [0.2, 0.25) is 0 Å². The maximum Gasteiger partial charge on any atom is 0.102 e. The summed E-state index contributed by atoms with van der Waals surface area (Å²) < 4.78 is 7.35. The second-order valence-electron chi connectivity index (χ2n) is 3.42. The maximum atomic E-state index is 9.46. The zero-order valence-electron chi connectivity index (χ0n) is 7.68. The molecule has 0 bridgehead atoms. The van der Waals surface area contributed by atoms with E-state index in [-0.39, 0.29) is 12.2 Å². The number of rotatable bonds is 1. The van der Waals surface area contributed by atoms with Crippen LogP contribution in [0.2, 0.25) is 0 Å². The van der Waals surface area contributed by atoms with E-state index in [2.05, 4.69) is 5.10 Å². The van der Waals surface area contributed by atoms with Gasteiger partial charge in [0.1, 0.15) is 6.10 Å². The van der Waals surface area contributed by atoms with Crippen molar-refractivity contribution in [3.05, 3.63) is 18.0 Å². The summed E-state index contributed by atoms with van der Waals surface area (Å²) in [7, 11) is 1.89. The summed E-state index contributed by atoms with van der Waals surface area (Å²) in [4.78, 5) is 0. The SMILES string of the molecule is Cn1nccc1C1CC(O)CCO1. The molecule has 0 radical (unpaired) electrons. The Labute approximate surface area is 77.1 Å². The van der Waals surface area contributed by atoms with Crippen LogP contribution in [-0.4, -0.2) is 27.6 Å². The van der Waals surface area contributed by atoms with Crippen molar-refractivity contribution in [2.45, 2.75) is 25.0 Å². The molecule has 2 heterocycles. The molecular formula is C9H14N2O2. The van der Waals surface area contributed by atoms with Crippen molar-refractivity contribution in [3.8, 4) is 0 Å². The highest BCUT2D eigenvalue weighted by atomic mass is 16.5. The first-order chi connectivity index (χ1) is 6.27. The number of aliphatic hydroxyl groups excluding tert-OH is 1. The molecule has 1 aliphatic rings. The number of nitrogens with zero attached hydrogens (tertiary/aromatic N) is 2. The van der Waals surface area contributed by atoms with Gasteiger partial charge in [0.15, 0.2) is 0 Å². The fourth-order valence-electron chi connectivity index (χ4n) is 1.69. The molecule has 72 valence electrons. The van der Waals surface area contributed by atoms with E-state index >= 15 is 0 Å². The molecule has 2 unspecified atom stereocenters. The van der Waals surface area contributed by atoms with Crippen LogP contribution < -0.4 is 0 Å². The van der Waals surface area contributed by atoms with Gasteiger partial charge in [-0.1, -0.05) is 0 Å². The first kappa shape index (κ1) is 8.72. The van der Waals surface area contributed by atoms with Crippen LogP contribution in [0.25, 0.3) is 0 Å². The fourth-order valence-corrected chi connectivity index (χ4v) is 1.69. The third kappa shape index (κ3) is 1.73. The van der Waals surface area contributed by atoms with E-state index in [0.717, 1.165) is 12.1 Å². The monoisotopic (exact) mass is 182 g/mol. The topological polar surface area (TPSA) is 47.3 Å².